The molecule has 3 N–H and O–H groups in total. The molecule has 1 aromatic rings. The third-order valence-electron chi connectivity index (χ3n) is 2.38. The van der Waals surface area contributed by atoms with Gasteiger partial charge in [-0.15, -0.1) is 13.2 Å². The zero-order chi connectivity index (χ0) is 15.0. The SMILES string of the molecule is CCCN=C(N)NCCc1ccc(OC(F)(F)F)cc1. The maximum Gasteiger partial charge on any atom is 0.573 e. The Hall–Kier alpha value is -1.92. The van der Waals surface area contributed by atoms with Crippen molar-refractivity contribution in [2.75, 3.05) is 13.1 Å². The lowest BCUT2D eigenvalue weighted by Gasteiger charge is -2.09. The Bertz CT molecular complexity index is 429. The number of rotatable bonds is 6. The minimum atomic E-state index is -4.66. The van der Waals surface area contributed by atoms with Crippen LogP contribution < -0.4 is 15.8 Å². The van der Waals surface area contributed by atoms with Gasteiger partial charge in [-0.05, 0) is 30.5 Å². The van der Waals surface area contributed by atoms with Gasteiger partial charge in [0.1, 0.15) is 5.75 Å². The van der Waals surface area contributed by atoms with E-state index in [9.17, 15) is 13.2 Å². The lowest BCUT2D eigenvalue weighted by atomic mass is 10.1. The second-order valence-electron chi connectivity index (χ2n) is 4.14. The minimum absolute atomic E-state index is 0.224. The first-order chi connectivity index (χ1) is 9.40. The maximum absolute atomic E-state index is 12.0. The quantitative estimate of drug-likeness (QED) is 0.624. The molecule has 0 radical (unpaired) electrons. The van der Waals surface area contributed by atoms with Crippen LogP contribution in [-0.4, -0.2) is 25.4 Å². The van der Waals surface area contributed by atoms with Crippen molar-refractivity contribution in [3.63, 3.8) is 0 Å². The van der Waals surface area contributed by atoms with E-state index in [1.54, 1.807) is 12.1 Å². The topological polar surface area (TPSA) is 59.6 Å². The number of guanidine groups is 1. The summed E-state index contributed by atoms with van der Waals surface area (Å²) in [7, 11) is 0. The second-order valence-corrected chi connectivity index (χ2v) is 4.14. The highest BCUT2D eigenvalue weighted by Crippen LogP contribution is 2.22. The Balaban J connectivity index is 2.38. The van der Waals surface area contributed by atoms with Gasteiger partial charge in [-0.1, -0.05) is 19.1 Å². The summed E-state index contributed by atoms with van der Waals surface area (Å²) in [5, 5.41) is 2.94. The highest BCUT2D eigenvalue weighted by Gasteiger charge is 2.30. The van der Waals surface area contributed by atoms with Crippen molar-refractivity contribution in [3.8, 4) is 5.75 Å². The molecule has 0 aromatic heterocycles. The van der Waals surface area contributed by atoms with Crippen molar-refractivity contribution >= 4 is 5.96 Å². The molecule has 0 amide bonds. The largest absolute Gasteiger partial charge is 0.573 e. The molecule has 0 aliphatic heterocycles. The lowest BCUT2D eigenvalue weighted by molar-refractivity contribution is -0.274. The highest BCUT2D eigenvalue weighted by atomic mass is 19.4. The molecule has 0 aliphatic carbocycles. The van der Waals surface area contributed by atoms with Crippen LogP contribution >= 0.6 is 0 Å². The molecule has 20 heavy (non-hydrogen) atoms. The highest BCUT2D eigenvalue weighted by molar-refractivity contribution is 5.77. The minimum Gasteiger partial charge on any atom is -0.406 e. The molecule has 0 aliphatic rings. The van der Waals surface area contributed by atoms with E-state index in [4.69, 9.17) is 5.73 Å². The van der Waals surface area contributed by atoms with Crippen LogP contribution in [0.4, 0.5) is 13.2 Å². The normalized spacial score (nSPS) is 12.3. The van der Waals surface area contributed by atoms with Gasteiger partial charge in [-0.3, -0.25) is 4.99 Å². The van der Waals surface area contributed by atoms with Gasteiger partial charge < -0.3 is 15.8 Å². The average molecular weight is 289 g/mol. The fourth-order valence-electron chi connectivity index (χ4n) is 1.48. The van der Waals surface area contributed by atoms with Gasteiger partial charge in [-0.2, -0.15) is 0 Å². The van der Waals surface area contributed by atoms with Gasteiger partial charge in [0.05, 0.1) is 0 Å². The summed E-state index contributed by atoms with van der Waals surface area (Å²) < 4.78 is 39.7. The summed E-state index contributed by atoms with van der Waals surface area (Å²) in [5.41, 5.74) is 6.50. The predicted molar refractivity (Wildman–Crippen MR) is 71.6 cm³/mol. The number of nitrogens with one attached hydrogen (secondary N) is 1. The molecule has 7 heteroatoms. The maximum atomic E-state index is 12.0. The van der Waals surface area contributed by atoms with Crippen LogP contribution in [0.3, 0.4) is 0 Å². The number of nitrogens with zero attached hydrogens (tertiary/aromatic N) is 1. The summed E-state index contributed by atoms with van der Waals surface area (Å²) >= 11 is 0. The van der Waals surface area contributed by atoms with Gasteiger partial charge in [0.15, 0.2) is 5.96 Å². The van der Waals surface area contributed by atoms with Crippen LogP contribution in [-0.2, 0) is 6.42 Å². The Morgan fingerprint density at radius 2 is 1.95 bits per heavy atom. The number of ether oxygens (including phenoxy) is 1. The number of hydrogen-bond acceptors (Lipinski definition) is 2. The van der Waals surface area contributed by atoms with E-state index in [-0.39, 0.29) is 5.75 Å². The molecule has 1 rings (SSSR count). The van der Waals surface area contributed by atoms with Crippen LogP contribution in [0.2, 0.25) is 0 Å². The fraction of sp³-hybridized carbons (Fsp3) is 0.462. The molecule has 0 unspecified atom stereocenters. The van der Waals surface area contributed by atoms with Crippen LogP contribution in [0.1, 0.15) is 18.9 Å². The number of alkyl halides is 3. The van der Waals surface area contributed by atoms with E-state index < -0.39 is 6.36 Å². The first-order valence-corrected chi connectivity index (χ1v) is 6.29. The van der Waals surface area contributed by atoms with E-state index in [0.29, 0.717) is 25.5 Å². The number of aliphatic imine (C=N–C) groups is 1. The molecule has 0 saturated heterocycles. The van der Waals surface area contributed by atoms with Gasteiger partial charge in [0.2, 0.25) is 0 Å². The second kappa shape index (κ2) is 7.62. The first kappa shape index (κ1) is 16.1. The van der Waals surface area contributed by atoms with Crippen LogP contribution in [0.5, 0.6) is 5.75 Å². The zero-order valence-electron chi connectivity index (χ0n) is 11.2. The third-order valence-corrected chi connectivity index (χ3v) is 2.38. The van der Waals surface area contributed by atoms with E-state index in [0.717, 1.165) is 12.0 Å². The molecule has 0 heterocycles. The fourth-order valence-corrected chi connectivity index (χ4v) is 1.48. The van der Waals surface area contributed by atoms with E-state index in [2.05, 4.69) is 15.0 Å². The summed E-state index contributed by atoms with van der Waals surface area (Å²) in [6.07, 6.45) is -3.11. The molecule has 0 atom stereocenters. The summed E-state index contributed by atoms with van der Waals surface area (Å²) in [6.45, 7) is 3.24. The number of halogens is 3. The van der Waals surface area contributed by atoms with Gasteiger partial charge in [-0.25, -0.2) is 0 Å². The van der Waals surface area contributed by atoms with E-state index in [1.165, 1.54) is 12.1 Å². The molecule has 0 bridgehead atoms. The van der Waals surface area contributed by atoms with Crippen LogP contribution in [0.15, 0.2) is 29.3 Å². The Morgan fingerprint density at radius 1 is 1.30 bits per heavy atom. The molecule has 0 saturated carbocycles. The standard InChI is InChI=1S/C13H18F3N3O/c1-2-8-18-12(17)19-9-7-10-3-5-11(6-4-10)20-13(14,15)16/h3-6H,2,7-9H2,1H3,(H3,17,18,19). The number of hydrogen-bond donors (Lipinski definition) is 2. The number of nitrogens with two attached hydrogens (primary N) is 1. The van der Waals surface area contributed by atoms with E-state index >= 15 is 0 Å². The van der Waals surface area contributed by atoms with Crippen molar-refractivity contribution in [1.82, 2.24) is 5.32 Å². The first-order valence-electron chi connectivity index (χ1n) is 6.29. The summed E-state index contributed by atoms with van der Waals surface area (Å²) in [4.78, 5) is 4.07. The Morgan fingerprint density at radius 3 is 2.50 bits per heavy atom. The van der Waals surface area contributed by atoms with Crippen molar-refractivity contribution in [2.45, 2.75) is 26.1 Å². The molecule has 112 valence electrons. The predicted octanol–water partition coefficient (Wildman–Crippen LogP) is 2.44. The third kappa shape index (κ3) is 6.86. The molecule has 0 spiro atoms. The zero-order valence-corrected chi connectivity index (χ0v) is 11.2. The molecule has 1 aromatic carbocycles. The van der Waals surface area contributed by atoms with Crippen LogP contribution in [0, 0.1) is 0 Å². The smallest absolute Gasteiger partial charge is 0.406 e. The van der Waals surface area contributed by atoms with E-state index in [1.807, 2.05) is 6.92 Å². The molecular formula is C13H18F3N3O. The molecule has 4 nitrogen and oxygen atoms in total. The average Bonchev–Trinajstić information content (AvgIpc) is 2.37. The van der Waals surface area contributed by atoms with Crippen molar-refractivity contribution < 1.29 is 17.9 Å². The Kier molecular flexibility index (Phi) is 6.14. The van der Waals surface area contributed by atoms with Gasteiger partial charge in [0, 0.05) is 13.1 Å². The summed E-state index contributed by atoms with van der Waals surface area (Å²) in [5.74, 6) is 0.155. The van der Waals surface area contributed by atoms with Crippen molar-refractivity contribution in [1.29, 1.82) is 0 Å². The summed E-state index contributed by atoms with van der Waals surface area (Å²) in [6, 6.07) is 5.75. The monoisotopic (exact) mass is 289 g/mol. The molecule has 0 fully saturated rings. The van der Waals surface area contributed by atoms with Crippen molar-refractivity contribution in [2.24, 2.45) is 10.7 Å². The molecular weight excluding hydrogens is 271 g/mol. The van der Waals surface area contributed by atoms with Gasteiger partial charge in [0.25, 0.3) is 0 Å². The number of benzene rings is 1. The van der Waals surface area contributed by atoms with Crippen LogP contribution in [0.25, 0.3) is 0 Å². The lowest BCUT2D eigenvalue weighted by Crippen LogP contribution is -2.33. The van der Waals surface area contributed by atoms with Gasteiger partial charge >= 0.3 is 6.36 Å². The van der Waals surface area contributed by atoms with Crippen molar-refractivity contribution in [3.05, 3.63) is 29.8 Å². The Labute approximate surface area is 115 Å².